The van der Waals surface area contributed by atoms with Gasteiger partial charge in [0.05, 0.1) is 0 Å². The molecule has 3 aromatic rings. The molecule has 2 heterocycles. The van der Waals surface area contributed by atoms with Gasteiger partial charge in [0.15, 0.2) is 11.0 Å². The number of halogens is 1. The first-order chi connectivity index (χ1) is 11.2. The lowest BCUT2D eigenvalue weighted by Crippen LogP contribution is -1.99. The van der Waals surface area contributed by atoms with Crippen LogP contribution in [0.5, 0.6) is 0 Å². The van der Waals surface area contributed by atoms with Crippen molar-refractivity contribution in [2.45, 2.75) is 37.7 Å². The Kier molecular flexibility index (Phi) is 5.41. The highest BCUT2D eigenvalue weighted by atomic mass is 35.5. The monoisotopic (exact) mass is 363 g/mol. The van der Waals surface area contributed by atoms with E-state index >= 15 is 0 Å². The molecule has 0 fully saturated rings. The predicted octanol–water partition coefficient (Wildman–Crippen LogP) is 5.53. The standard InChI is InChI=1S/C17H18ClN3S2/c1-3-15-9-13(11-22-15)16-19-20-17(21(16)4-2)23-10-12-5-7-14(18)8-6-12/h5-9,11H,3-4,10H2,1-2H3. The van der Waals surface area contributed by atoms with Crippen LogP contribution < -0.4 is 0 Å². The molecular weight excluding hydrogens is 346 g/mol. The number of aryl methyl sites for hydroxylation is 1. The van der Waals surface area contributed by atoms with Crippen molar-refractivity contribution in [2.24, 2.45) is 0 Å². The van der Waals surface area contributed by atoms with E-state index in [0.717, 1.165) is 34.7 Å². The van der Waals surface area contributed by atoms with E-state index in [0.29, 0.717) is 0 Å². The molecule has 3 rings (SSSR count). The molecular formula is C17H18ClN3S2. The molecule has 0 N–H and O–H groups in total. The number of hydrogen-bond donors (Lipinski definition) is 0. The molecule has 0 radical (unpaired) electrons. The highest BCUT2D eigenvalue weighted by Gasteiger charge is 2.14. The van der Waals surface area contributed by atoms with Gasteiger partial charge in [0.2, 0.25) is 0 Å². The Morgan fingerprint density at radius 2 is 1.96 bits per heavy atom. The maximum Gasteiger partial charge on any atom is 0.191 e. The third kappa shape index (κ3) is 3.79. The van der Waals surface area contributed by atoms with E-state index in [1.54, 1.807) is 23.1 Å². The number of nitrogens with zero attached hydrogens (tertiary/aromatic N) is 3. The smallest absolute Gasteiger partial charge is 0.191 e. The normalized spacial score (nSPS) is 11.1. The van der Waals surface area contributed by atoms with Crippen molar-refractivity contribution in [1.29, 1.82) is 0 Å². The summed E-state index contributed by atoms with van der Waals surface area (Å²) in [5, 5.41) is 12.7. The van der Waals surface area contributed by atoms with Gasteiger partial charge in [0.1, 0.15) is 0 Å². The van der Waals surface area contributed by atoms with Gasteiger partial charge in [0, 0.05) is 33.1 Å². The van der Waals surface area contributed by atoms with Gasteiger partial charge in [0.25, 0.3) is 0 Å². The van der Waals surface area contributed by atoms with Crippen molar-refractivity contribution in [2.75, 3.05) is 0 Å². The molecule has 23 heavy (non-hydrogen) atoms. The molecule has 0 aliphatic rings. The molecule has 1 aromatic carbocycles. The molecule has 0 saturated carbocycles. The second-order valence-electron chi connectivity index (χ2n) is 5.12. The van der Waals surface area contributed by atoms with Crippen LogP contribution in [-0.4, -0.2) is 14.8 Å². The van der Waals surface area contributed by atoms with Crippen molar-refractivity contribution in [1.82, 2.24) is 14.8 Å². The van der Waals surface area contributed by atoms with Gasteiger partial charge in [-0.05, 0) is 37.1 Å². The molecule has 0 amide bonds. The van der Waals surface area contributed by atoms with Gasteiger partial charge in [-0.25, -0.2) is 0 Å². The summed E-state index contributed by atoms with van der Waals surface area (Å²) in [5.74, 6) is 1.82. The maximum absolute atomic E-state index is 5.93. The van der Waals surface area contributed by atoms with E-state index in [1.165, 1.54) is 16.0 Å². The minimum atomic E-state index is 0.766. The molecule has 2 aromatic heterocycles. The Morgan fingerprint density at radius 3 is 2.61 bits per heavy atom. The summed E-state index contributed by atoms with van der Waals surface area (Å²) >= 11 is 9.42. The molecule has 0 atom stereocenters. The molecule has 120 valence electrons. The van der Waals surface area contributed by atoms with Crippen molar-refractivity contribution < 1.29 is 0 Å². The Hall–Kier alpha value is -1.30. The fraction of sp³-hybridized carbons (Fsp3) is 0.294. The first-order valence-electron chi connectivity index (χ1n) is 7.59. The highest BCUT2D eigenvalue weighted by Crippen LogP contribution is 2.29. The third-order valence-electron chi connectivity index (χ3n) is 3.57. The average Bonchev–Trinajstić information content (AvgIpc) is 3.20. The minimum absolute atomic E-state index is 0.766. The highest BCUT2D eigenvalue weighted by molar-refractivity contribution is 7.98. The first kappa shape index (κ1) is 16.6. The van der Waals surface area contributed by atoms with Crippen molar-refractivity contribution in [3.63, 3.8) is 0 Å². The van der Waals surface area contributed by atoms with Crippen LogP contribution in [0.25, 0.3) is 11.4 Å². The molecule has 0 unspecified atom stereocenters. The fourth-order valence-corrected chi connectivity index (χ4v) is 4.20. The van der Waals surface area contributed by atoms with E-state index in [9.17, 15) is 0 Å². The number of hydrogen-bond acceptors (Lipinski definition) is 4. The third-order valence-corrected chi connectivity index (χ3v) is 5.95. The van der Waals surface area contributed by atoms with E-state index < -0.39 is 0 Å². The number of rotatable bonds is 6. The number of benzene rings is 1. The Morgan fingerprint density at radius 1 is 1.17 bits per heavy atom. The summed E-state index contributed by atoms with van der Waals surface area (Å²) in [6, 6.07) is 10.2. The zero-order valence-electron chi connectivity index (χ0n) is 13.1. The van der Waals surface area contributed by atoms with Gasteiger partial charge in [-0.3, -0.25) is 0 Å². The lowest BCUT2D eigenvalue weighted by molar-refractivity contribution is 0.687. The number of thioether (sulfide) groups is 1. The molecule has 0 aliphatic heterocycles. The zero-order valence-corrected chi connectivity index (χ0v) is 15.5. The van der Waals surface area contributed by atoms with Crippen molar-refractivity contribution in [3.8, 4) is 11.4 Å². The fourth-order valence-electron chi connectivity index (χ4n) is 2.31. The summed E-state index contributed by atoms with van der Waals surface area (Å²) in [6.07, 6.45) is 1.06. The van der Waals surface area contributed by atoms with Gasteiger partial charge in [-0.15, -0.1) is 21.5 Å². The summed E-state index contributed by atoms with van der Waals surface area (Å²) < 4.78 is 2.18. The number of thiophene rings is 1. The first-order valence-corrected chi connectivity index (χ1v) is 9.83. The van der Waals surface area contributed by atoms with Crippen LogP contribution in [0.15, 0.2) is 40.9 Å². The van der Waals surface area contributed by atoms with Gasteiger partial charge in [-0.2, -0.15) is 0 Å². The van der Waals surface area contributed by atoms with Crippen LogP contribution in [0.4, 0.5) is 0 Å². The van der Waals surface area contributed by atoms with Crippen LogP contribution in [0.2, 0.25) is 5.02 Å². The van der Waals surface area contributed by atoms with Gasteiger partial charge in [-0.1, -0.05) is 42.4 Å². The lowest BCUT2D eigenvalue weighted by atomic mass is 10.2. The number of aromatic nitrogens is 3. The van der Waals surface area contributed by atoms with E-state index in [4.69, 9.17) is 11.6 Å². The van der Waals surface area contributed by atoms with Crippen molar-refractivity contribution >= 4 is 34.7 Å². The van der Waals surface area contributed by atoms with E-state index in [2.05, 4.69) is 52.2 Å². The predicted molar refractivity (Wildman–Crippen MR) is 99.4 cm³/mol. The van der Waals surface area contributed by atoms with Gasteiger partial charge >= 0.3 is 0 Å². The second-order valence-corrected chi connectivity index (χ2v) is 7.50. The van der Waals surface area contributed by atoms with E-state index in [-0.39, 0.29) is 0 Å². The van der Waals surface area contributed by atoms with Crippen LogP contribution in [0, 0.1) is 0 Å². The summed E-state index contributed by atoms with van der Waals surface area (Å²) in [4.78, 5) is 1.38. The molecule has 3 nitrogen and oxygen atoms in total. The summed E-state index contributed by atoms with van der Waals surface area (Å²) in [5.41, 5.74) is 2.40. The molecule has 0 saturated heterocycles. The van der Waals surface area contributed by atoms with Gasteiger partial charge < -0.3 is 4.57 Å². The quantitative estimate of drug-likeness (QED) is 0.539. The molecule has 0 bridgehead atoms. The van der Waals surface area contributed by atoms with Crippen LogP contribution in [0.1, 0.15) is 24.3 Å². The molecule has 0 aliphatic carbocycles. The average molecular weight is 364 g/mol. The summed E-state index contributed by atoms with van der Waals surface area (Å²) in [6.45, 7) is 5.17. The lowest BCUT2D eigenvalue weighted by Gasteiger charge is -2.06. The Labute approximate surface area is 149 Å². The second kappa shape index (κ2) is 7.51. The van der Waals surface area contributed by atoms with Crippen LogP contribution >= 0.6 is 34.7 Å². The zero-order chi connectivity index (χ0) is 16.2. The van der Waals surface area contributed by atoms with E-state index in [1.807, 2.05) is 12.1 Å². The SMILES string of the molecule is CCc1cc(-c2nnc(SCc3ccc(Cl)cc3)n2CC)cs1. The van der Waals surface area contributed by atoms with Crippen LogP contribution in [-0.2, 0) is 18.7 Å². The maximum atomic E-state index is 5.93. The van der Waals surface area contributed by atoms with Crippen LogP contribution in [0.3, 0.4) is 0 Å². The minimum Gasteiger partial charge on any atom is -0.302 e. The Bertz CT molecular complexity index is 777. The summed E-state index contributed by atoms with van der Waals surface area (Å²) in [7, 11) is 0. The largest absolute Gasteiger partial charge is 0.302 e. The molecule has 6 heteroatoms. The molecule has 0 spiro atoms. The Balaban J connectivity index is 1.79. The van der Waals surface area contributed by atoms with Crippen molar-refractivity contribution in [3.05, 3.63) is 51.2 Å². The topological polar surface area (TPSA) is 30.7 Å².